The van der Waals surface area contributed by atoms with Crippen LogP contribution in [0.1, 0.15) is 13.3 Å². The maximum atomic E-state index is 12.6. The van der Waals surface area contributed by atoms with Gasteiger partial charge in [0.1, 0.15) is 0 Å². The molecule has 2 amide bonds. The average molecular weight is 251 g/mol. The molecule has 1 fully saturated rings. The molecule has 0 bridgehead atoms. The fraction of sp³-hybridized carbons (Fsp3) is 0.778. The summed E-state index contributed by atoms with van der Waals surface area (Å²) in [6.07, 6.45) is 0.869. The molecule has 1 saturated heterocycles. The third kappa shape index (κ3) is 4.61. The van der Waals surface area contributed by atoms with Crippen molar-refractivity contribution in [1.82, 2.24) is 16.1 Å². The van der Waals surface area contributed by atoms with E-state index in [1.165, 1.54) is 0 Å². The molecule has 6 nitrogen and oxygen atoms in total. The lowest BCUT2D eigenvalue weighted by Crippen LogP contribution is -2.44. The summed E-state index contributed by atoms with van der Waals surface area (Å²) in [4.78, 5) is 25.7. The zero-order valence-corrected chi connectivity index (χ0v) is 9.33. The van der Waals surface area contributed by atoms with E-state index in [4.69, 9.17) is 4.84 Å². The molecule has 1 aliphatic rings. The highest BCUT2D eigenvalue weighted by molar-refractivity contribution is 5.83. The molecule has 0 unspecified atom stereocenters. The van der Waals surface area contributed by atoms with E-state index in [-0.39, 0.29) is 18.7 Å². The monoisotopic (exact) mass is 251 g/mol. The van der Waals surface area contributed by atoms with Gasteiger partial charge in [-0.2, -0.15) is 8.78 Å². The minimum Gasteiger partial charge on any atom is -0.347 e. The van der Waals surface area contributed by atoms with E-state index in [9.17, 15) is 18.4 Å². The predicted molar refractivity (Wildman–Crippen MR) is 54.1 cm³/mol. The third-order valence-electron chi connectivity index (χ3n) is 2.37. The molecule has 0 saturated carbocycles. The highest BCUT2D eigenvalue weighted by Gasteiger charge is 2.35. The van der Waals surface area contributed by atoms with E-state index in [1.54, 1.807) is 0 Å². The van der Waals surface area contributed by atoms with Gasteiger partial charge in [-0.1, -0.05) is 0 Å². The smallest absolute Gasteiger partial charge is 0.321 e. The van der Waals surface area contributed by atoms with Gasteiger partial charge in [-0.3, -0.25) is 14.4 Å². The highest BCUT2D eigenvalue weighted by Crippen LogP contribution is 2.13. The summed E-state index contributed by atoms with van der Waals surface area (Å²) >= 11 is 0. The SMILES string of the molecule is CC(F)(F)C(=O)N[C@@H]1CN[C@H](CONC=O)C1. The highest BCUT2D eigenvalue weighted by atomic mass is 19.3. The number of nitrogens with one attached hydrogen (secondary N) is 3. The van der Waals surface area contributed by atoms with Crippen LogP contribution in [0.15, 0.2) is 0 Å². The number of amides is 2. The van der Waals surface area contributed by atoms with Crippen molar-refractivity contribution in [3.8, 4) is 0 Å². The summed E-state index contributed by atoms with van der Waals surface area (Å²) in [5.74, 6) is -4.65. The minimum atomic E-state index is -3.37. The summed E-state index contributed by atoms with van der Waals surface area (Å²) in [6, 6.07) is -0.434. The standard InChI is InChI=1S/C9H15F2N3O3/c1-9(10,11)8(16)14-6-2-7(12-3-6)4-17-13-5-15/h5-7,12H,2-4H2,1H3,(H,13,15)(H,14,16)/t6-,7-/m0/s1. The van der Waals surface area contributed by atoms with Crippen LogP contribution in [-0.4, -0.2) is 43.5 Å². The van der Waals surface area contributed by atoms with E-state index in [0.717, 1.165) is 0 Å². The number of hydrogen-bond donors (Lipinski definition) is 3. The van der Waals surface area contributed by atoms with Crippen LogP contribution in [0.25, 0.3) is 0 Å². The Bertz CT molecular complexity index is 283. The fourth-order valence-electron chi connectivity index (χ4n) is 1.55. The normalized spacial score (nSPS) is 24.4. The molecule has 17 heavy (non-hydrogen) atoms. The van der Waals surface area contributed by atoms with Gasteiger partial charge < -0.3 is 10.6 Å². The molecular weight excluding hydrogens is 236 g/mol. The Labute approximate surface area is 97.0 Å². The zero-order valence-electron chi connectivity index (χ0n) is 9.33. The van der Waals surface area contributed by atoms with E-state index < -0.39 is 11.8 Å². The molecule has 8 heteroatoms. The Morgan fingerprint density at radius 3 is 2.94 bits per heavy atom. The van der Waals surface area contributed by atoms with Crippen LogP contribution in [0.5, 0.6) is 0 Å². The van der Waals surface area contributed by atoms with E-state index in [1.807, 2.05) is 5.48 Å². The Morgan fingerprint density at radius 2 is 2.35 bits per heavy atom. The van der Waals surface area contributed by atoms with Gasteiger partial charge in [-0.25, -0.2) is 5.48 Å². The van der Waals surface area contributed by atoms with Gasteiger partial charge in [0, 0.05) is 25.6 Å². The largest absolute Gasteiger partial charge is 0.347 e. The minimum absolute atomic E-state index is 0.0850. The summed E-state index contributed by atoms with van der Waals surface area (Å²) in [5, 5.41) is 5.22. The first-order chi connectivity index (χ1) is 7.93. The maximum absolute atomic E-state index is 12.6. The third-order valence-corrected chi connectivity index (χ3v) is 2.37. The van der Waals surface area contributed by atoms with Gasteiger partial charge in [0.2, 0.25) is 6.41 Å². The van der Waals surface area contributed by atoms with Crippen molar-refractivity contribution < 1.29 is 23.2 Å². The Kier molecular flexibility index (Phi) is 4.76. The topological polar surface area (TPSA) is 79.5 Å². The summed E-state index contributed by atoms with van der Waals surface area (Å²) in [7, 11) is 0. The molecule has 1 heterocycles. The van der Waals surface area contributed by atoms with Crippen LogP contribution in [0.3, 0.4) is 0 Å². The lowest BCUT2D eigenvalue weighted by atomic mass is 10.2. The van der Waals surface area contributed by atoms with Crippen molar-refractivity contribution in [1.29, 1.82) is 0 Å². The summed E-state index contributed by atoms with van der Waals surface area (Å²) < 4.78 is 25.2. The van der Waals surface area contributed by atoms with Crippen LogP contribution in [0.4, 0.5) is 8.78 Å². The number of carbonyl (C=O) groups excluding carboxylic acids is 2. The summed E-state index contributed by atoms with van der Waals surface area (Å²) in [5.41, 5.74) is 2.03. The predicted octanol–water partition coefficient (Wildman–Crippen LogP) is -0.834. The second-order valence-electron chi connectivity index (χ2n) is 3.95. The summed E-state index contributed by atoms with van der Waals surface area (Å²) in [6.45, 7) is 1.17. The molecule has 1 rings (SSSR count). The number of hydroxylamine groups is 1. The van der Waals surface area contributed by atoms with Gasteiger partial charge in [0.25, 0.3) is 5.91 Å². The van der Waals surface area contributed by atoms with Crippen molar-refractivity contribution in [3.05, 3.63) is 0 Å². The van der Waals surface area contributed by atoms with Crippen molar-refractivity contribution in [2.45, 2.75) is 31.4 Å². The number of hydrogen-bond acceptors (Lipinski definition) is 4. The quantitative estimate of drug-likeness (QED) is 0.327. The molecule has 0 aliphatic carbocycles. The van der Waals surface area contributed by atoms with E-state index in [0.29, 0.717) is 26.3 Å². The Morgan fingerprint density at radius 1 is 1.65 bits per heavy atom. The first kappa shape index (κ1) is 13.8. The molecule has 0 aromatic heterocycles. The number of halogens is 2. The van der Waals surface area contributed by atoms with Crippen LogP contribution in [-0.2, 0) is 14.4 Å². The van der Waals surface area contributed by atoms with Gasteiger partial charge >= 0.3 is 5.92 Å². The number of carbonyl (C=O) groups is 2. The van der Waals surface area contributed by atoms with E-state index in [2.05, 4.69) is 10.6 Å². The Balaban J connectivity index is 2.26. The average Bonchev–Trinajstić information content (AvgIpc) is 2.65. The molecule has 3 N–H and O–H groups in total. The molecule has 0 spiro atoms. The van der Waals surface area contributed by atoms with Crippen molar-refractivity contribution in [2.75, 3.05) is 13.2 Å². The van der Waals surface area contributed by atoms with Crippen LogP contribution >= 0.6 is 0 Å². The van der Waals surface area contributed by atoms with Crippen molar-refractivity contribution in [3.63, 3.8) is 0 Å². The second kappa shape index (κ2) is 5.87. The van der Waals surface area contributed by atoms with E-state index >= 15 is 0 Å². The van der Waals surface area contributed by atoms with Crippen molar-refractivity contribution in [2.24, 2.45) is 0 Å². The Hall–Kier alpha value is -1.28. The lowest BCUT2D eigenvalue weighted by molar-refractivity contribution is -0.143. The number of rotatable bonds is 6. The van der Waals surface area contributed by atoms with Gasteiger partial charge in [-0.15, -0.1) is 0 Å². The molecule has 0 radical (unpaired) electrons. The molecule has 2 atom stereocenters. The molecular formula is C9H15F2N3O3. The second-order valence-corrected chi connectivity index (χ2v) is 3.95. The maximum Gasteiger partial charge on any atom is 0.321 e. The molecule has 0 aromatic carbocycles. The number of alkyl halides is 2. The molecule has 0 aromatic rings. The van der Waals surface area contributed by atoms with Crippen LogP contribution in [0, 0.1) is 0 Å². The molecule has 98 valence electrons. The van der Waals surface area contributed by atoms with Gasteiger partial charge in [0.15, 0.2) is 0 Å². The van der Waals surface area contributed by atoms with Crippen molar-refractivity contribution >= 4 is 12.3 Å². The lowest BCUT2D eigenvalue weighted by Gasteiger charge is -2.15. The molecule has 1 aliphatic heterocycles. The zero-order chi connectivity index (χ0) is 12.9. The van der Waals surface area contributed by atoms with Gasteiger partial charge in [0.05, 0.1) is 6.61 Å². The fourth-order valence-corrected chi connectivity index (χ4v) is 1.55. The van der Waals surface area contributed by atoms with Gasteiger partial charge in [-0.05, 0) is 6.42 Å². The van der Waals surface area contributed by atoms with Crippen LogP contribution in [0.2, 0.25) is 0 Å². The van der Waals surface area contributed by atoms with Crippen LogP contribution < -0.4 is 16.1 Å². The first-order valence-corrected chi connectivity index (χ1v) is 5.16. The first-order valence-electron chi connectivity index (χ1n) is 5.16.